The van der Waals surface area contributed by atoms with Crippen molar-refractivity contribution in [3.63, 3.8) is 0 Å². The van der Waals surface area contributed by atoms with Gasteiger partial charge in [-0.15, -0.1) is 0 Å². The van der Waals surface area contributed by atoms with Crippen LogP contribution in [-0.4, -0.2) is 44.5 Å². The topological polar surface area (TPSA) is 103 Å². The molecule has 36 heavy (non-hydrogen) atoms. The van der Waals surface area contributed by atoms with Crippen LogP contribution >= 0.6 is 11.6 Å². The molecule has 7 nitrogen and oxygen atoms in total. The number of fused-ring (bicyclic) bond motifs is 3. The Morgan fingerprint density at radius 1 is 1.06 bits per heavy atom. The van der Waals surface area contributed by atoms with Gasteiger partial charge >= 0.3 is 6.18 Å². The number of aliphatic hydroxyl groups is 1. The molecule has 4 N–H and O–H groups in total. The summed E-state index contributed by atoms with van der Waals surface area (Å²) in [5.74, 6) is 0.543. The number of ether oxygens (including phenoxy) is 1. The van der Waals surface area contributed by atoms with Gasteiger partial charge in [0.15, 0.2) is 0 Å². The van der Waals surface area contributed by atoms with E-state index < -0.39 is 27.9 Å². The average Bonchev–Trinajstić information content (AvgIpc) is 3.15. The molecule has 0 aliphatic rings. The lowest BCUT2D eigenvalue weighted by atomic mass is 10.1. The van der Waals surface area contributed by atoms with Crippen LogP contribution in [0.2, 0.25) is 5.02 Å². The number of nitrogens with one attached hydrogen (secondary N) is 3. The summed E-state index contributed by atoms with van der Waals surface area (Å²) in [5.41, 5.74) is 1.00. The monoisotopic (exact) mass is 541 g/mol. The molecule has 4 rings (SSSR count). The van der Waals surface area contributed by atoms with Crippen LogP contribution < -0.4 is 14.8 Å². The van der Waals surface area contributed by atoms with Gasteiger partial charge in [0, 0.05) is 35.4 Å². The molecule has 1 heterocycles. The number of aromatic nitrogens is 1. The van der Waals surface area contributed by atoms with E-state index in [1.807, 2.05) is 0 Å². The Morgan fingerprint density at radius 2 is 1.75 bits per heavy atom. The van der Waals surface area contributed by atoms with Crippen LogP contribution in [0.4, 0.5) is 18.9 Å². The maximum Gasteiger partial charge on any atom is 0.416 e. The van der Waals surface area contributed by atoms with E-state index in [1.54, 1.807) is 24.3 Å². The van der Waals surface area contributed by atoms with E-state index in [-0.39, 0.29) is 23.9 Å². The van der Waals surface area contributed by atoms with Crippen molar-refractivity contribution in [2.24, 2.45) is 0 Å². The summed E-state index contributed by atoms with van der Waals surface area (Å²) in [5, 5.41) is 15.2. The Hall–Kier alpha value is -2.99. The molecule has 4 aromatic rings. The molecule has 0 saturated heterocycles. The van der Waals surface area contributed by atoms with Crippen molar-refractivity contribution < 1.29 is 31.4 Å². The van der Waals surface area contributed by atoms with Crippen molar-refractivity contribution in [1.29, 1.82) is 0 Å². The molecular formula is C24H23ClF3N3O4S. The molecular weight excluding hydrogens is 519 g/mol. The third kappa shape index (κ3) is 6.22. The van der Waals surface area contributed by atoms with Crippen molar-refractivity contribution in [3.8, 4) is 5.75 Å². The highest BCUT2D eigenvalue weighted by Crippen LogP contribution is 2.34. The summed E-state index contributed by atoms with van der Waals surface area (Å²) in [7, 11) is -3.52. The number of aromatic amines is 1. The first kappa shape index (κ1) is 26.1. The summed E-state index contributed by atoms with van der Waals surface area (Å²) < 4.78 is 69.9. The number of aliphatic hydroxyl groups excluding tert-OH is 1. The Bertz CT molecular complexity index is 1510. The number of sulfonamides is 1. The smallest absolute Gasteiger partial charge is 0.416 e. The Balaban J connectivity index is 1.32. The second-order valence-corrected chi connectivity index (χ2v) is 10.4. The van der Waals surface area contributed by atoms with Gasteiger partial charge in [-0.1, -0.05) is 23.7 Å². The van der Waals surface area contributed by atoms with Gasteiger partial charge in [-0.2, -0.15) is 13.2 Å². The molecule has 0 radical (unpaired) electrons. The lowest BCUT2D eigenvalue weighted by Crippen LogP contribution is -2.26. The average molecular weight is 542 g/mol. The molecule has 192 valence electrons. The minimum Gasteiger partial charge on any atom is -0.492 e. The number of halogens is 4. The summed E-state index contributed by atoms with van der Waals surface area (Å²) in [4.78, 5) is 3.01. The van der Waals surface area contributed by atoms with E-state index in [1.165, 1.54) is 18.2 Å². The zero-order chi connectivity index (χ0) is 26.1. The van der Waals surface area contributed by atoms with Gasteiger partial charge in [-0.25, -0.2) is 8.42 Å². The molecule has 0 saturated carbocycles. The van der Waals surface area contributed by atoms with Gasteiger partial charge in [0.2, 0.25) is 10.0 Å². The second-order valence-electron chi connectivity index (χ2n) is 8.27. The zero-order valence-corrected chi connectivity index (χ0v) is 20.6. The largest absolute Gasteiger partial charge is 0.492 e. The van der Waals surface area contributed by atoms with E-state index in [4.69, 9.17) is 16.3 Å². The first-order valence-corrected chi connectivity index (χ1v) is 13.1. The summed E-state index contributed by atoms with van der Waals surface area (Å²) in [6.45, 7) is 0.864. The number of hydrogen-bond donors (Lipinski definition) is 4. The number of H-pyrrole nitrogens is 1. The second kappa shape index (κ2) is 10.2. The fourth-order valence-corrected chi connectivity index (χ4v) is 4.57. The molecule has 1 aromatic heterocycles. The normalized spacial score (nSPS) is 13.3. The molecule has 0 amide bonds. The van der Waals surface area contributed by atoms with Crippen molar-refractivity contribution in [2.45, 2.75) is 12.3 Å². The molecule has 12 heteroatoms. The highest BCUT2D eigenvalue weighted by atomic mass is 35.5. The van der Waals surface area contributed by atoms with Gasteiger partial charge in [-0.05, 0) is 42.0 Å². The van der Waals surface area contributed by atoms with Crippen molar-refractivity contribution in [3.05, 3.63) is 70.7 Å². The van der Waals surface area contributed by atoms with Gasteiger partial charge in [0.05, 0.1) is 34.1 Å². The van der Waals surface area contributed by atoms with Crippen molar-refractivity contribution >= 4 is 49.1 Å². The number of anilines is 1. The number of rotatable bonds is 9. The Labute approximate surface area is 210 Å². The van der Waals surface area contributed by atoms with Crippen LogP contribution in [0, 0.1) is 0 Å². The van der Waals surface area contributed by atoms with E-state index in [0.29, 0.717) is 34.3 Å². The van der Waals surface area contributed by atoms with Crippen LogP contribution in [0.5, 0.6) is 5.75 Å². The third-order valence-electron chi connectivity index (χ3n) is 5.45. The summed E-state index contributed by atoms with van der Waals surface area (Å²) in [6, 6.07) is 13.4. The van der Waals surface area contributed by atoms with Gasteiger partial charge in [0.1, 0.15) is 12.4 Å². The van der Waals surface area contributed by atoms with Crippen LogP contribution in [0.3, 0.4) is 0 Å². The maximum absolute atomic E-state index is 13.0. The lowest BCUT2D eigenvalue weighted by molar-refractivity contribution is -0.137. The van der Waals surface area contributed by atoms with E-state index in [0.717, 1.165) is 23.8 Å². The lowest BCUT2D eigenvalue weighted by Gasteiger charge is -2.15. The molecule has 0 bridgehead atoms. The predicted octanol–water partition coefficient (Wildman–Crippen LogP) is 5.07. The fourth-order valence-electron chi connectivity index (χ4n) is 3.78. The number of alkyl halides is 3. The first-order chi connectivity index (χ1) is 16.9. The highest BCUT2D eigenvalue weighted by molar-refractivity contribution is 7.92. The van der Waals surface area contributed by atoms with E-state index in [2.05, 4.69) is 15.0 Å². The fraction of sp³-hybridized carbons (Fsp3) is 0.250. The molecule has 0 unspecified atom stereocenters. The van der Waals surface area contributed by atoms with E-state index in [9.17, 15) is 26.7 Å². The molecule has 0 aliphatic heterocycles. The quantitative estimate of drug-likeness (QED) is 0.222. The van der Waals surface area contributed by atoms with Gasteiger partial charge < -0.3 is 20.1 Å². The minimum absolute atomic E-state index is 0.182. The first-order valence-electron chi connectivity index (χ1n) is 10.8. The van der Waals surface area contributed by atoms with Crippen molar-refractivity contribution in [1.82, 2.24) is 10.3 Å². The third-order valence-corrected chi connectivity index (χ3v) is 6.37. The van der Waals surface area contributed by atoms with Gasteiger partial charge in [0.25, 0.3) is 0 Å². The SMILES string of the molecule is CS(=O)(=O)Nc1cc([C@@H](O)CNCCOc2ccc3c(c2)[nH]c2cc(C(F)(F)F)ccc23)ccc1Cl. The zero-order valence-electron chi connectivity index (χ0n) is 19.0. The van der Waals surface area contributed by atoms with Crippen molar-refractivity contribution in [2.75, 3.05) is 30.7 Å². The van der Waals surface area contributed by atoms with Crippen LogP contribution in [0.15, 0.2) is 54.6 Å². The van der Waals surface area contributed by atoms with Gasteiger partial charge in [-0.3, -0.25) is 4.72 Å². The van der Waals surface area contributed by atoms with E-state index >= 15 is 0 Å². The van der Waals surface area contributed by atoms with Crippen LogP contribution in [0.25, 0.3) is 21.8 Å². The van der Waals surface area contributed by atoms with Crippen LogP contribution in [-0.2, 0) is 16.2 Å². The standard InChI is InChI=1S/C24H23ClF3N3O4S/c1-36(33,34)31-22-10-14(2-7-19(22)25)23(32)13-29-8-9-35-16-4-6-18-17-5-3-15(24(26,27)28)11-20(17)30-21(18)12-16/h2-7,10-12,23,29-32H,8-9,13H2,1H3/t23-/m0/s1. The highest BCUT2D eigenvalue weighted by Gasteiger charge is 2.30. The summed E-state index contributed by atoms with van der Waals surface area (Å²) >= 11 is 6.01. The molecule has 3 aromatic carbocycles. The number of benzene rings is 3. The molecule has 0 fully saturated rings. The number of hydrogen-bond acceptors (Lipinski definition) is 5. The Morgan fingerprint density at radius 3 is 2.44 bits per heavy atom. The van der Waals surface area contributed by atoms with Crippen LogP contribution in [0.1, 0.15) is 17.2 Å². The molecule has 1 atom stereocenters. The maximum atomic E-state index is 13.0. The molecule has 0 aliphatic carbocycles. The Kier molecular flexibility index (Phi) is 7.37. The summed E-state index contributed by atoms with van der Waals surface area (Å²) in [6.07, 6.45) is -4.32. The predicted molar refractivity (Wildman–Crippen MR) is 134 cm³/mol. The molecule has 0 spiro atoms. The minimum atomic E-state index is -4.41.